The lowest BCUT2D eigenvalue weighted by Crippen LogP contribution is -2.55. The van der Waals surface area contributed by atoms with Crippen LogP contribution >= 0.6 is 0 Å². The van der Waals surface area contributed by atoms with Gasteiger partial charge in [-0.3, -0.25) is 0 Å². The summed E-state index contributed by atoms with van der Waals surface area (Å²) in [4.78, 5) is 0. The standard InChI is InChI=1S/C43H40Si/c1-25-16-26(2)19-31(18-25)29-13-15-34-37(22-29)43(5,6)38-24-36-33-14-12-30(32-20-27(3)17-28(4)21-32)23-40(33)44(7,8)39-11-9-10-35(41(34)38)42(36)39/h9-24H,1-8H3. The highest BCUT2D eigenvalue weighted by atomic mass is 28.3. The van der Waals surface area contributed by atoms with E-state index in [1.54, 1.807) is 10.4 Å². The van der Waals surface area contributed by atoms with Gasteiger partial charge in [-0.2, -0.15) is 0 Å². The van der Waals surface area contributed by atoms with E-state index in [2.05, 4.69) is 152 Å². The molecule has 0 amide bonds. The lowest BCUT2D eigenvalue weighted by molar-refractivity contribution is 0.661. The molecule has 1 aliphatic carbocycles. The molecule has 8 rings (SSSR count). The molecule has 44 heavy (non-hydrogen) atoms. The molecular formula is C43H40Si. The molecule has 0 bridgehead atoms. The first kappa shape index (κ1) is 27.4. The number of hydrogen-bond acceptors (Lipinski definition) is 0. The number of hydrogen-bond donors (Lipinski definition) is 0. The van der Waals surface area contributed by atoms with Crippen molar-refractivity contribution in [1.82, 2.24) is 0 Å². The van der Waals surface area contributed by atoms with E-state index >= 15 is 0 Å². The number of rotatable bonds is 2. The van der Waals surface area contributed by atoms with Crippen LogP contribution in [0, 0.1) is 27.7 Å². The van der Waals surface area contributed by atoms with E-state index in [1.807, 2.05) is 0 Å². The molecule has 0 nitrogen and oxygen atoms in total. The summed E-state index contributed by atoms with van der Waals surface area (Å²) in [5, 5.41) is 6.03. The fraction of sp³-hybridized carbons (Fsp3) is 0.209. The minimum absolute atomic E-state index is 0.0934. The van der Waals surface area contributed by atoms with Crippen molar-refractivity contribution in [3.8, 4) is 44.5 Å². The topological polar surface area (TPSA) is 0 Å². The molecule has 1 heterocycles. The van der Waals surface area contributed by atoms with E-state index in [1.165, 1.54) is 88.7 Å². The molecule has 0 atom stereocenters. The van der Waals surface area contributed by atoms with Gasteiger partial charge in [0.25, 0.3) is 0 Å². The lowest BCUT2D eigenvalue weighted by atomic mass is 9.79. The molecule has 0 aromatic heterocycles. The summed E-state index contributed by atoms with van der Waals surface area (Å²) in [6, 6.07) is 38.1. The fourth-order valence-corrected chi connectivity index (χ4v) is 11.6. The second-order valence-electron chi connectivity index (χ2n) is 14.6. The monoisotopic (exact) mass is 584 g/mol. The summed E-state index contributed by atoms with van der Waals surface area (Å²) in [7, 11) is -1.98. The maximum Gasteiger partial charge on any atom is 0.113 e. The van der Waals surface area contributed by atoms with Crippen LogP contribution in [0.25, 0.3) is 55.3 Å². The van der Waals surface area contributed by atoms with Crippen LogP contribution < -0.4 is 10.4 Å². The Labute approximate surface area is 263 Å². The predicted molar refractivity (Wildman–Crippen MR) is 194 cm³/mol. The van der Waals surface area contributed by atoms with Gasteiger partial charge in [-0.1, -0.05) is 134 Å². The zero-order valence-electron chi connectivity index (χ0n) is 27.2. The fourth-order valence-electron chi connectivity index (χ4n) is 8.51. The molecule has 0 radical (unpaired) electrons. The molecular weight excluding hydrogens is 545 g/mol. The molecule has 0 saturated carbocycles. The molecule has 0 spiro atoms. The summed E-state index contributed by atoms with van der Waals surface area (Å²) in [5.41, 5.74) is 19.0. The molecule has 0 unspecified atom stereocenters. The first-order chi connectivity index (χ1) is 20.9. The third-order valence-electron chi connectivity index (χ3n) is 10.6. The lowest BCUT2D eigenvalue weighted by Gasteiger charge is -2.35. The Morgan fingerprint density at radius 1 is 0.477 bits per heavy atom. The summed E-state index contributed by atoms with van der Waals surface area (Å²) in [6.07, 6.45) is 0. The molecule has 0 N–H and O–H groups in total. The highest BCUT2D eigenvalue weighted by Crippen LogP contribution is 2.54. The largest absolute Gasteiger partial charge is 0.113 e. The van der Waals surface area contributed by atoms with E-state index in [9.17, 15) is 0 Å². The van der Waals surface area contributed by atoms with Crippen LogP contribution in [0.1, 0.15) is 47.2 Å². The zero-order valence-corrected chi connectivity index (χ0v) is 28.2. The first-order valence-electron chi connectivity index (χ1n) is 16.0. The van der Waals surface area contributed by atoms with Crippen LogP contribution in [0.15, 0.2) is 97.1 Å². The average Bonchev–Trinajstić information content (AvgIpc) is 3.20. The minimum Gasteiger partial charge on any atom is -0.0619 e. The van der Waals surface area contributed by atoms with Crippen molar-refractivity contribution in [3.63, 3.8) is 0 Å². The second kappa shape index (κ2) is 9.16. The van der Waals surface area contributed by atoms with Gasteiger partial charge in [-0.05, 0) is 117 Å². The van der Waals surface area contributed by atoms with Crippen molar-refractivity contribution >= 4 is 29.2 Å². The van der Waals surface area contributed by atoms with E-state index in [0.29, 0.717) is 0 Å². The molecule has 1 aliphatic heterocycles. The molecule has 6 aromatic carbocycles. The van der Waals surface area contributed by atoms with E-state index in [0.717, 1.165) is 0 Å². The molecule has 1 heteroatoms. The van der Waals surface area contributed by atoms with Gasteiger partial charge < -0.3 is 0 Å². The zero-order chi connectivity index (χ0) is 30.7. The van der Waals surface area contributed by atoms with E-state index in [-0.39, 0.29) is 5.41 Å². The van der Waals surface area contributed by atoms with Crippen molar-refractivity contribution in [2.24, 2.45) is 0 Å². The van der Waals surface area contributed by atoms with Crippen LogP contribution in [-0.4, -0.2) is 8.07 Å². The summed E-state index contributed by atoms with van der Waals surface area (Å²) >= 11 is 0. The third kappa shape index (κ3) is 3.82. The first-order valence-corrected chi connectivity index (χ1v) is 19.0. The van der Waals surface area contributed by atoms with Gasteiger partial charge >= 0.3 is 0 Å². The van der Waals surface area contributed by atoms with Crippen LogP contribution in [0.2, 0.25) is 13.1 Å². The van der Waals surface area contributed by atoms with Gasteiger partial charge in [0.15, 0.2) is 0 Å². The second-order valence-corrected chi connectivity index (χ2v) is 18.9. The Hall–Kier alpha value is -4.20. The number of fused-ring (bicyclic) bond motifs is 6. The normalized spacial score (nSPS) is 15.2. The molecule has 0 fully saturated rings. The van der Waals surface area contributed by atoms with Crippen LogP contribution in [0.4, 0.5) is 0 Å². The van der Waals surface area contributed by atoms with Gasteiger partial charge in [0.05, 0.1) is 0 Å². The smallest absolute Gasteiger partial charge is 0.0619 e. The van der Waals surface area contributed by atoms with E-state index in [4.69, 9.17) is 0 Å². The van der Waals surface area contributed by atoms with Crippen LogP contribution in [0.3, 0.4) is 0 Å². The third-order valence-corrected chi connectivity index (χ3v) is 14.1. The maximum atomic E-state index is 2.57. The summed E-state index contributed by atoms with van der Waals surface area (Å²) < 4.78 is 0. The number of aryl methyl sites for hydroxylation is 4. The highest BCUT2D eigenvalue weighted by Gasteiger charge is 2.41. The Bertz CT molecular complexity index is 2170. The van der Waals surface area contributed by atoms with Crippen molar-refractivity contribution in [2.75, 3.05) is 0 Å². The quantitative estimate of drug-likeness (QED) is 0.178. The van der Waals surface area contributed by atoms with Gasteiger partial charge in [0.2, 0.25) is 0 Å². The van der Waals surface area contributed by atoms with Crippen molar-refractivity contribution in [1.29, 1.82) is 0 Å². The SMILES string of the molecule is Cc1cc(C)cc(-c2ccc3c(c2)C(C)(C)c2cc4c5c(cccc5c2-3)[Si](C)(C)c2cc(-c3cc(C)cc(C)c3)ccc2-4)c1. The average molecular weight is 585 g/mol. The predicted octanol–water partition coefficient (Wildman–Crippen LogP) is 10.5. The Balaban J connectivity index is 1.37. The van der Waals surface area contributed by atoms with Crippen molar-refractivity contribution in [2.45, 2.75) is 60.1 Å². The summed E-state index contributed by atoms with van der Waals surface area (Å²) in [6.45, 7) is 18.8. The Morgan fingerprint density at radius 2 is 1.05 bits per heavy atom. The highest BCUT2D eigenvalue weighted by molar-refractivity contribution is 7.03. The van der Waals surface area contributed by atoms with Gasteiger partial charge in [0.1, 0.15) is 8.07 Å². The van der Waals surface area contributed by atoms with Gasteiger partial charge in [-0.15, -0.1) is 0 Å². The molecule has 216 valence electrons. The number of benzene rings is 6. The molecule has 6 aromatic rings. The minimum atomic E-state index is -1.98. The van der Waals surface area contributed by atoms with Crippen LogP contribution in [0.5, 0.6) is 0 Å². The molecule has 2 aliphatic rings. The Kier molecular flexibility index (Phi) is 5.69. The molecule has 0 saturated heterocycles. The summed E-state index contributed by atoms with van der Waals surface area (Å²) in [5.74, 6) is 0. The van der Waals surface area contributed by atoms with Gasteiger partial charge in [-0.25, -0.2) is 0 Å². The van der Waals surface area contributed by atoms with E-state index < -0.39 is 8.07 Å². The van der Waals surface area contributed by atoms with Crippen LogP contribution in [-0.2, 0) is 5.41 Å². The van der Waals surface area contributed by atoms with Crippen molar-refractivity contribution in [3.05, 3.63) is 130 Å². The Morgan fingerprint density at radius 3 is 1.66 bits per heavy atom. The maximum absolute atomic E-state index is 2.57. The van der Waals surface area contributed by atoms with Gasteiger partial charge in [0, 0.05) is 5.41 Å². The van der Waals surface area contributed by atoms with Crippen molar-refractivity contribution < 1.29 is 0 Å².